The Morgan fingerprint density at radius 3 is 2.79 bits per heavy atom. The molecule has 2 aromatic heterocycles. The third kappa shape index (κ3) is 3.26. The van der Waals surface area contributed by atoms with Gasteiger partial charge in [-0.2, -0.15) is 0 Å². The van der Waals surface area contributed by atoms with E-state index in [0.29, 0.717) is 17.9 Å². The van der Waals surface area contributed by atoms with Gasteiger partial charge in [-0.3, -0.25) is 9.78 Å². The maximum atomic E-state index is 12.2. The first kappa shape index (κ1) is 13.0. The van der Waals surface area contributed by atoms with Gasteiger partial charge in [0.05, 0.1) is 5.56 Å². The van der Waals surface area contributed by atoms with Crippen LogP contribution in [-0.4, -0.2) is 27.8 Å². The highest BCUT2D eigenvalue weighted by atomic mass is 16.2. The molecule has 2 heterocycles. The Morgan fingerprint density at radius 1 is 1.37 bits per heavy atom. The van der Waals surface area contributed by atoms with Gasteiger partial charge in [-0.15, -0.1) is 0 Å². The molecule has 0 atom stereocenters. The van der Waals surface area contributed by atoms with Crippen LogP contribution >= 0.6 is 0 Å². The summed E-state index contributed by atoms with van der Waals surface area (Å²) in [6.45, 7) is 0.504. The van der Waals surface area contributed by atoms with E-state index in [0.717, 1.165) is 5.56 Å². The van der Waals surface area contributed by atoms with Crippen LogP contribution in [0.1, 0.15) is 15.9 Å². The minimum atomic E-state index is -0.0973. The number of pyridine rings is 2. The van der Waals surface area contributed by atoms with Crippen molar-refractivity contribution in [1.82, 2.24) is 14.9 Å². The molecule has 0 radical (unpaired) electrons. The molecule has 0 unspecified atom stereocenters. The van der Waals surface area contributed by atoms with E-state index in [9.17, 15) is 4.79 Å². The maximum absolute atomic E-state index is 12.2. The fourth-order valence-corrected chi connectivity index (χ4v) is 1.66. The smallest absolute Gasteiger partial charge is 0.255 e. The molecule has 6 nitrogen and oxygen atoms in total. The van der Waals surface area contributed by atoms with Gasteiger partial charge in [0.2, 0.25) is 0 Å². The number of carbonyl (C=O) groups is 1. The van der Waals surface area contributed by atoms with Crippen molar-refractivity contribution in [2.45, 2.75) is 6.54 Å². The number of rotatable bonds is 4. The maximum Gasteiger partial charge on any atom is 0.255 e. The normalized spacial score (nSPS) is 10.0. The van der Waals surface area contributed by atoms with Crippen LogP contribution in [0.15, 0.2) is 42.9 Å². The van der Waals surface area contributed by atoms with Crippen LogP contribution in [0, 0.1) is 0 Å². The number of hydrogen-bond acceptors (Lipinski definition) is 5. The number of hydrazine groups is 1. The molecule has 2 rings (SSSR count). The number of aromatic nitrogens is 2. The summed E-state index contributed by atoms with van der Waals surface area (Å²) >= 11 is 0. The monoisotopic (exact) mass is 257 g/mol. The Hall–Kier alpha value is -2.47. The van der Waals surface area contributed by atoms with Crippen molar-refractivity contribution in [2.75, 3.05) is 12.5 Å². The highest BCUT2D eigenvalue weighted by Gasteiger charge is 2.12. The SMILES string of the molecule is CN(Cc1cccnc1)C(=O)c1ccc(NN)nc1. The highest BCUT2D eigenvalue weighted by Crippen LogP contribution is 2.08. The first-order chi connectivity index (χ1) is 9.20. The lowest BCUT2D eigenvalue weighted by Crippen LogP contribution is -2.26. The van der Waals surface area contributed by atoms with E-state index in [1.807, 2.05) is 12.1 Å². The minimum absolute atomic E-state index is 0.0973. The standard InChI is InChI=1S/C13H15N5O/c1-18(9-10-3-2-6-15-7-10)13(19)11-4-5-12(17-14)16-8-11/h2-8H,9,14H2,1H3,(H,16,17). The summed E-state index contributed by atoms with van der Waals surface area (Å²) in [5.41, 5.74) is 3.92. The molecule has 0 aliphatic carbocycles. The molecule has 0 saturated carbocycles. The molecule has 0 fully saturated rings. The van der Waals surface area contributed by atoms with E-state index >= 15 is 0 Å². The molecule has 3 N–H and O–H groups in total. The second-order valence-electron chi connectivity index (χ2n) is 4.10. The first-order valence-electron chi connectivity index (χ1n) is 5.77. The Balaban J connectivity index is 2.06. The summed E-state index contributed by atoms with van der Waals surface area (Å²) in [6.07, 6.45) is 4.94. The zero-order valence-electron chi connectivity index (χ0n) is 10.6. The molecule has 0 saturated heterocycles. The van der Waals surface area contributed by atoms with Gasteiger partial charge in [0.15, 0.2) is 0 Å². The number of hydrogen-bond donors (Lipinski definition) is 2. The number of nitrogen functional groups attached to an aromatic ring is 1. The highest BCUT2D eigenvalue weighted by molar-refractivity contribution is 5.93. The van der Waals surface area contributed by atoms with Crippen LogP contribution in [0.5, 0.6) is 0 Å². The molecule has 1 amide bonds. The van der Waals surface area contributed by atoms with Crippen LogP contribution in [0.2, 0.25) is 0 Å². The molecule has 2 aromatic rings. The summed E-state index contributed by atoms with van der Waals surface area (Å²) in [6, 6.07) is 7.11. The topological polar surface area (TPSA) is 84.1 Å². The minimum Gasteiger partial charge on any atom is -0.337 e. The number of nitrogens with one attached hydrogen (secondary N) is 1. The Labute approximate surface area is 111 Å². The van der Waals surface area contributed by atoms with Crippen LogP contribution in [0.4, 0.5) is 5.82 Å². The van der Waals surface area contributed by atoms with Gasteiger partial charge in [-0.05, 0) is 23.8 Å². The van der Waals surface area contributed by atoms with Gasteiger partial charge in [0.25, 0.3) is 5.91 Å². The molecular formula is C13H15N5O. The summed E-state index contributed by atoms with van der Waals surface area (Å²) in [5.74, 6) is 5.65. The van der Waals surface area contributed by atoms with Gasteiger partial charge >= 0.3 is 0 Å². The molecule has 98 valence electrons. The quantitative estimate of drug-likeness (QED) is 0.631. The van der Waals surface area contributed by atoms with Crippen LogP contribution < -0.4 is 11.3 Å². The molecule has 0 bridgehead atoms. The lowest BCUT2D eigenvalue weighted by atomic mass is 10.2. The average Bonchev–Trinajstić information content (AvgIpc) is 2.47. The van der Waals surface area contributed by atoms with Crippen molar-refractivity contribution in [1.29, 1.82) is 0 Å². The van der Waals surface area contributed by atoms with Crippen molar-refractivity contribution in [3.8, 4) is 0 Å². The van der Waals surface area contributed by atoms with Crippen molar-refractivity contribution < 1.29 is 4.79 Å². The second-order valence-corrected chi connectivity index (χ2v) is 4.10. The third-order valence-electron chi connectivity index (χ3n) is 2.65. The van der Waals surface area contributed by atoms with E-state index in [-0.39, 0.29) is 5.91 Å². The van der Waals surface area contributed by atoms with Gasteiger partial charge in [-0.1, -0.05) is 6.07 Å². The Bertz CT molecular complexity index is 541. The van der Waals surface area contributed by atoms with Gasteiger partial charge in [-0.25, -0.2) is 10.8 Å². The summed E-state index contributed by atoms with van der Waals surface area (Å²) in [4.78, 5) is 21.8. The molecule has 6 heteroatoms. The number of nitrogens with zero attached hydrogens (tertiary/aromatic N) is 3. The Morgan fingerprint density at radius 2 is 2.21 bits per heavy atom. The van der Waals surface area contributed by atoms with Gasteiger partial charge in [0, 0.05) is 32.2 Å². The van der Waals surface area contributed by atoms with E-state index in [2.05, 4.69) is 15.4 Å². The number of amides is 1. The summed E-state index contributed by atoms with van der Waals surface area (Å²) in [5, 5.41) is 0. The number of carbonyl (C=O) groups excluding carboxylic acids is 1. The molecule has 0 aliphatic rings. The van der Waals surface area contributed by atoms with Crippen molar-refractivity contribution >= 4 is 11.7 Å². The van der Waals surface area contributed by atoms with Crippen LogP contribution in [0.3, 0.4) is 0 Å². The molecular weight excluding hydrogens is 242 g/mol. The fraction of sp³-hybridized carbons (Fsp3) is 0.154. The van der Waals surface area contributed by atoms with Crippen molar-refractivity contribution in [3.05, 3.63) is 54.0 Å². The van der Waals surface area contributed by atoms with Gasteiger partial charge in [0.1, 0.15) is 5.82 Å². The molecule has 0 aromatic carbocycles. The van der Waals surface area contributed by atoms with Crippen molar-refractivity contribution in [3.63, 3.8) is 0 Å². The van der Waals surface area contributed by atoms with Crippen LogP contribution in [-0.2, 0) is 6.54 Å². The van der Waals surface area contributed by atoms with E-state index in [1.165, 1.54) is 6.20 Å². The predicted molar refractivity (Wildman–Crippen MR) is 72.1 cm³/mol. The lowest BCUT2D eigenvalue weighted by Gasteiger charge is -2.17. The summed E-state index contributed by atoms with van der Waals surface area (Å²) < 4.78 is 0. The van der Waals surface area contributed by atoms with E-state index < -0.39 is 0 Å². The molecule has 19 heavy (non-hydrogen) atoms. The zero-order chi connectivity index (χ0) is 13.7. The summed E-state index contributed by atoms with van der Waals surface area (Å²) in [7, 11) is 1.74. The van der Waals surface area contributed by atoms with E-state index in [4.69, 9.17) is 5.84 Å². The fourth-order valence-electron chi connectivity index (χ4n) is 1.66. The number of nitrogens with two attached hydrogens (primary N) is 1. The predicted octanol–water partition coefficient (Wildman–Crippen LogP) is 1.03. The van der Waals surface area contributed by atoms with Crippen LogP contribution in [0.25, 0.3) is 0 Å². The molecule has 0 aliphatic heterocycles. The third-order valence-corrected chi connectivity index (χ3v) is 2.65. The van der Waals surface area contributed by atoms with E-state index in [1.54, 1.807) is 36.5 Å². The largest absolute Gasteiger partial charge is 0.337 e. The van der Waals surface area contributed by atoms with Crippen molar-refractivity contribution in [2.24, 2.45) is 5.84 Å². The zero-order valence-corrected chi connectivity index (χ0v) is 10.6. The first-order valence-corrected chi connectivity index (χ1v) is 5.77. The number of anilines is 1. The Kier molecular flexibility index (Phi) is 4.04. The molecule has 0 spiro atoms. The van der Waals surface area contributed by atoms with Gasteiger partial charge < -0.3 is 10.3 Å². The lowest BCUT2D eigenvalue weighted by molar-refractivity contribution is 0.0784. The second kappa shape index (κ2) is 5.92. The average molecular weight is 257 g/mol.